The molecule has 2 aliphatic heterocycles. The molecule has 2 saturated heterocycles. The van der Waals surface area contributed by atoms with E-state index in [0.717, 1.165) is 52.2 Å². The number of imidazole rings is 1. The fourth-order valence-corrected chi connectivity index (χ4v) is 3.56. The van der Waals surface area contributed by atoms with Crippen LogP contribution in [0.5, 0.6) is 0 Å². The first-order valence-corrected chi connectivity index (χ1v) is 7.76. The number of nitrogens with zero attached hydrogens (tertiary/aromatic N) is 4. The van der Waals surface area contributed by atoms with Crippen molar-refractivity contribution in [2.75, 3.05) is 39.4 Å². The van der Waals surface area contributed by atoms with Crippen LogP contribution in [-0.4, -0.2) is 70.2 Å². The standard InChI is InChI=1S/C15H24N4O2/c1-3-19-10-11-21-12-15(19)4-7-18(8-5-15)14(20)13-16-6-9-17(13)2/h6,9H,3-5,7-8,10-12H2,1-2H3. The largest absolute Gasteiger partial charge is 0.378 e. The summed E-state index contributed by atoms with van der Waals surface area (Å²) in [5.41, 5.74) is 0.130. The van der Waals surface area contributed by atoms with Gasteiger partial charge in [-0.15, -0.1) is 0 Å². The Bertz CT molecular complexity index is 506. The smallest absolute Gasteiger partial charge is 0.289 e. The molecule has 1 spiro atoms. The molecule has 1 aromatic rings. The van der Waals surface area contributed by atoms with Crippen molar-refractivity contribution >= 4 is 5.91 Å². The zero-order valence-electron chi connectivity index (χ0n) is 12.9. The number of piperidine rings is 1. The number of hydrogen-bond acceptors (Lipinski definition) is 4. The third kappa shape index (κ3) is 2.58. The van der Waals surface area contributed by atoms with Crippen LogP contribution in [-0.2, 0) is 11.8 Å². The zero-order valence-corrected chi connectivity index (χ0v) is 12.9. The van der Waals surface area contributed by atoms with E-state index in [9.17, 15) is 4.79 Å². The molecule has 0 aromatic carbocycles. The highest BCUT2D eigenvalue weighted by molar-refractivity contribution is 5.90. The van der Waals surface area contributed by atoms with E-state index in [2.05, 4.69) is 16.8 Å². The molecule has 0 atom stereocenters. The molecule has 21 heavy (non-hydrogen) atoms. The van der Waals surface area contributed by atoms with Gasteiger partial charge in [0, 0.05) is 44.6 Å². The van der Waals surface area contributed by atoms with Gasteiger partial charge in [0.05, 0.1) is 13.2 Å². The molecule has 6 nitrogen and oxygen atoms in total. The predicted molar refractivity (Wildman–Crippen MR) is 79.1 cm³/mol. The molecule has 0 unspecified atom stereocenters. The Morgan fingerprint density at radius 1 is 1.38 bits per heavy atom. The summed E-state index contributed by atoms with van der Waals surface area (Å²) in [6.45, 7) is 7.45. The molecular weight excluding hydrogens is 268 g/mol. The summed E-state index contributed by atoms with van der Waals surface area (Å²) in [5, 5.41) is 0. The van der Waals surface area contributed by atoms with Crippen molar-refractivity contribution in [3.63, 3.8) is 0 Å². The minimum Gasteiger partial charge on any atom is -0.378 e. The minimum atomic E-state index is 0.0390. The van der Waals surface area contributed by atoms with Crippen molar-refractivity contribution in [2.24, 2.45) is 7.05 Å². The Morgan fingerprint density at radius 2 is 2.14 bits per heavy atom. The summed E-state index contributed by atoms with van der Waals surface area (Å²) in [7, 11) is 1.86. The van der Waals surface area contributed by atoms with Gasteiger partial charge in [0.1, 0.15) is 0 Å². The maximum atomic E-state index is 12.5. The summed E-state index contributed by atoms with van der Waals surface area (Å²) in [6.07, 6.45) is 5.45. The first-order chi connectivity index (χ1) is 10.2. The van der Waals surface area contributed by atoms with Crippen molar-refractivity contribution in [2.45, 2.75) is 25.3 Å². The van der Waals surface area contributed by atoms with E-state index in [4.69, 9.17) is 4.74 Å². The first-order valence-electron chi connectivity index (χ1n) is 7.76. The summed E-state index contributed by atoms with van der Waals surface area (Å²) in [6, 6.07) is 0. The van der Waals surface area contributed by atoms with Crippen LogP contribution in [0.3, 0.4) is 0 Å². The van der Waals surface area contributed by atoms with Gasteiger partial charge in [0.25, 0.3) is 5.91 Å². The number of hydrogen-bond donors (Lipinski definition) is 0. The van der Waals surface area contributed by atoms with Crippen LogP contribution in [0, 0.1) is 0 Å². The second-order valence-corrected chi connectivity index (χ2v) is 6.01. The Labute approximate surface area is 125 Å². The van der Waals surface area contributed by atoms with Gasteiger partial charge in [0.15, 0.2) is 5.82 Å². The van der Waals surface area contributed by atoms with Crippen LogP contribution in [0.15, 0.2) is 12.4 Å². The van der Waals surface area contributed by atoms with E-state index < -0.39 is 0 Å². The molecule has 0 bridgehead atoms. The van der Waals surface area contributed by atoms with Crippen molar-refractivity contribution in [3.8, 4) is 0 Å². The quantitative estimate of drug-likeness (QED) is 0.807. The predicted octanol–water partition coefficient (Wildman–Crippen LogP) is 0.747. The molecule has 0 radical (unpaired) electrons. The van der Waals surface area contributed by atoms with E-state index in [0.29, 0.717) is 5.82 Å². The van der Waals surface area contributed by atoms with Gasteiger partial charge in [-0.1, -0.05) is 6.92 Å². The van der Waals surface area contributed by atoms with E-state index >= 15 is 0 Å². The van der Waals surface area contributed by atoms with Gasteiger partial charge < -0.3 is 14.2 Å². The Kier molecular flexibility index (Phi) is 3.99. The molecule has 1 amide bonds. The molecular formula is C15H24N4O2. The molecule has 0 saturated carbocycles. The zero-order chi connectivity index (χ0) is 14.9. The lowest BCUT2D eigenvalue weighted by atomic mass is 9.85. The minimum absolute atomic E-state index is 0.0390. The van der Waals surface area contributed by atoms with E-state index in [-0.39, 0.29) is 11.4 Å². The average molecular weight is 292 g/mol. The third-order valence-electron chi connectivity index (χ3n) is 4.92. The molecule has 1 aromatic heterocycles. The topological polar surface area (TPSA) is 50.6 Å². The monoisotopic (exact) mass is 292 g/mol. The average Bonchev–Trinajstić information content (AvgIpc) is 2.94. The number of aromatic nitrogens is 2. The summed E-state index contributed by atoms with van der Waals surface area (Å²) in [5.74, 6) is 0.565. The molecule has 2 aliphatic rings. The van der Waals surface area contributed by atoms with E-state index in [1.807, 2.05) is 18.1 Å². The fourth-order valence-electron chi connectivity index (χ4n) is 3.56. The van der Waals surface area contributed by atoms with Gasteiger partial charge >= 0.3 is 0 Å². The molecule has 2 fully saturated rings. The molecule has 3 rings (SSSR count). The summed E-state index contributed by atoms with van der Waals surface area (Å²) >= 11 is 0. The van der Waals surface area contributed by atoms with Crippen molar-refractivity contribution in [1.82, 2.24) is 19.4 Å². The van der Waals surface area contributed by atoms with Crippen LogP contribution in [0.25, 0.3) is 0 Å². The van der Waals surface area contributed by atoms with Crippen LogP contribution in [0.2, 0.25) is 0 Å². The number of likely N-dealkylation sites (N-methyl/N-ethyl adjacent to an activating group) is 1. The van der Waals surface area contributed by atoms with Gasteiger partial charge in [-0.05, 0) is 19.4 Å². The summed E-state index contributed by atoms with van der Waals surface area (Å²) < 4.78 is 7.51. The highest BCUT2D eigenvalue weighted by Crippen LogP contribution is 2.31. The highest BCUT2D eigenvalue weighted by atomic mass is 16.5. The van der Waals surface area contributed by atoms with Crippen molar-refractivity contribution in [1.29, 1.82) is 0 Å². The number of amides is 1. The molecule has 3 heterocycles. The SMILES string of the molecule is CCN1CCOCC12CCN(C(=O)c1nccn1C)CC2. The number of carbonyl (C=O) groups excluding carboxylic acids is 1. The molecule has 6 heteroatoms. The number of aryl methyl sites for hydroxylation is 1. The lowest BCUT2D eigenvalue weighted by molar-refractivity contribution is -0.0894. The Hall–Kier alpha value is -1.40. The van der Waals surface area contributed by atoms with E-state index in [1.165, 1.54) is 0 Å². The van der Waals surface area contributed by atoms with Gasteiger partial charge in [0.2, 0.25) is 0 Å². The molecule has 0 N–H and O–H groups in total. The second-order valence-electron chi connectivity index (χ2n) is 6.01. The number of morpholine rings is 1. The third-order valence-corrected chi connectivity index (χ3v) is 4.92. The first kappa shape index (κ1) is 14.5. The normalized spacial score (nSPS) is 22.7. The number of ether oxygens (including phenoxy) is 1. The maximum absolute atomic E-state index is 12.5. The van der Waals surface area contributed by atoms with Gasteiger partial charge in [-0.2, -0.15) is 0 Å². The van der Waals surface area contributed by atoms with Gasteiger partial charge in [-0.25, -0.2) is 4.98 Å². The fraction of sp³-hybridized carbons (Fsp3) is 0.733. The Balaban J connectivity index is 1.67. The Morgan fingerprint density at radius 3 is 2.76 bits per heavy atom. The maximum Gasteiger partial charge on any atom is 0.289 e. The lowest BCUT2D eigenvalue weighted by Gasteiger charge is -2.50. The van der Waals surface area contributed by atoms with Crippen LogP contribution in [0.4, 0.5) is 0 Å². The number of likely N-dealkylation sites (tertiary alicyclic amines) is 1. The van der Waals surface area contributed by atoms with Crippen molar-refractivity contribution in [3.05, 3.63) is 18.2 Å². The molecule has 0 aliphatic carbocycles. The van der Waals surface area contributed by atoms with Crippen LogP contribution in [0.1, 0.15) is 30.4 Å². The van der Waals surface area contributed by atoms with Crippen molar-refractivity contribution < 1.29 is 9.53 Å². The second kappa shape index (κ2) is 5.77. The van der Waals surface area contributed by atoms with Crippen LogP contribution < -0.4 is 0 Å². The lowest BCUT2D eigenvalue weighted by Crippen LogP contribution is -2.61. The molecule has 116 valence electrons. The van der Waals surface area contributed by atoms with E-state index in [1.54, 1.807) is 10.8 Å². The number of carbonyl (C=O) groups is 1. The summed E-state index contributed by atoms with van der Waals surface area (Å²) in [4.78, 5) is 21.1. The van der Waals surface area contributed by atoms with Crippen LogP contribution >= 0.6 is 0 Å². The number of rotatable bonds is 2. The van der Waals surface area contributed by atoms with Gasteiger partial charge in [-0.3, -0.25) is 9.69 Å². The highest BCUT2D eigenvalue weighted by Gasteiger charge is 2.42.